The molecular weight excluding hydrogens is 220 g/mol. The van der Waals surface area contributed by atoms with Gasteiger partial charge in [0.1, 0.15) is 5.75 Å². The summed E-state index contributed by atoms with van der Waals surface area (Å²) >= 11 is 1.65. The van der Waals surface area contributed by atoms with E-state index in [1.54, 1.807) is 18.9 Å². The summed E-state index contributed by atoms with van der Waals surface area (Å²) in [5, 5.41) is 0. The van der Waals surface area contributed by atoms with Gasteiger partial charge in [0, 0.05) is 4.75 Å². The first kappa shape index (κ1) is 13.1. The van der Waals surface area contributed by atoms with E-state index < -0.39 is 0 Å². The van der Waals surface area contributed by atoms with Gasteiger partial charge in [-0.3, -0.25) is 4.79 Å². The molecule has 0 bridgehead atoms. The molecule has 0 atom stereocenters. The zero-order chi connectivity index (χ0) is 12.2. The molecule has 16 heavy (non-hydrogen) atoms. The summed E-state index contributed by atoms with van der Waals surface area (Å²) in [6.07, 6.45) is 0. The van der Waals surface area contributed by atoms with Crippen LogP contribution >= 0.6 is 11.8 Å². The molecule has 0 saturated heterocycles. The third kappa shape index (κ3) is 3.89. The highest BCUT2D eigenvalue weighted by Gasteiger charge is 2.16. The molecule has 0 aromatic heterocycles. The molecule has 0 aliphatic heterocycles. The molecule has 1 aromatic rings. The molecule has 1 aromatic carbocycles. The van der Waals surface area contributed by atoms with Crippen molar-refractivity contribution >= 4 is 17.5 Å². The van der Waals surface area contributed by atoms with E-state index >= 15 is 0 Å². The minimum atomic E-state index is 0.109. The van der Waals surface area contributed by atoms with E-state index in [0.717, 1.165) is 0 Å². The molecule has 0 aliphatic carbocycles. The number of hydrogen-bond donors (Lipinski definition) is 0. The van der Waals surface area contributed by atoms with Crippen molar-refractivity contribution in [2.45, 2.75) is 25.5 Å². The predicted molar refractivity (Wildman–Crippen MR) is 69.5 cm³/mol. The van der Waals surface area contributed by atoms with Gasteiger partial charge >= 0.3 is 0 Å². The van der Waals surface area contributed by atoms with E-state index in [1.807, 2.05) is 24.3 Å². The van der Waals surface area contributed by atoms with Gasteiger partial charge in [0.2, 0.25) is 0 Å². The quantitative estimate of drug-likeness (QED) is 0.752. The summed E-state index contributed by atoms with van der Waals surface area (Å²) in [6.45, 7) is 6.31. The average Bonchev–Trinajstić information content (AvgIpc) is 2.25. The number of carbonyl (C=O) groups excluding carboxylic acids is 1. The topological polar surface area (TPSA) is 26.3 Å². The number of benzene rings is 1. The van der Waals surface area contributed by atoms with E-state index in [0.29, 0.717) is 17.1 Å². The van der Waals surface area contributed by atoms with Crippen LogP contribution in [0.1, 0.15) is 31.1 Å². The summed E-state index contributed by atoms with van der Waals surface area (Å²) in [5.74, 6) is 1.27. The Bertz CT molecular complexity index is 366. The Balaban J connectivity index is 2.73. The van der Waals surface area contributed by atoms with Gasteiger partial charge in [0.25, 0.3) is 0 Å². The molecule has 3 heteroatoms. The maximum absolute atomic E-state index is 12.0. The fraction of sp³-hybridized carbons (Fsp3) is 0.462. The number of methoxy groups -OCH3 is 1. The molecular formula is C13H18O2S. The van der Waals surface area contributed by atoms with Gasteiger partial charge in [0.05, 0.1) is 18.4 Å². The number of thioether (sulfide) groups is 1. The Hall–Kier alpha value is -0.960. The maximum atomic E-state index is 12.0. The summed E-state index contributed by atoms with van der Waals surface area (Å²) in [7, 11) is 1.59. The van der Waals surface area contributed by atoms with Crippen LogP contribution in [-0.4, -0.2) is 23.4 Å². The minimum Gasteiger partial charge on any atom is -0.496 e. The Labute approximate surface area is 101 Å². The van der Waals surface area contributed by atoms with Crippen LogP contribution in [0.4, 0.5) is 0 Å². The molecule has 1 rings (SSSR count). The van der Waals surface area contributed by atoms with E-state index in [4.69, 9.17) is 4.74 Å². The largest absolute Gasteiger partial charge is 0.496 e. The lowest BCUT2D eigenvalue weighted by atomic mass is 10.1. The van der Waals surface area contributed by atoms with Crippen LogP contribution in [0.15, 0.2) is 24.3 Å². The zero-order valence-electron chi connectivity index (χ0n) is 10.2. The maximum Gasteiger partial charge on any atom is 0.176 e. The Morgan fingerprint density at radius 2 is 1.94 bits per heavy atom. The second kappa shape index (κ2) is 5.39. The number of rotatable bonds is 4. The van der Waals surface area contributed by atoms with E-state index in [2.05, 4.69) is 20.8 Å². The van der Waals surface area contributed by atoms with Crippen LogP contribution in [0.25, 0.3) is 0 Å². The first-order valence-corrected chi connectivity index (χ1v) is 6.23. The molecule has 0 saturated carbocycles. The summed E-state index contributed by atoms with van der Waals surface area (Å²) in [4.78, 5) is 12.0. The molecule has 0 heterocycles. The fourth-order valence-electron chi connectivity index (χ4n) is 1.23. The normalized spacial score (nSPS) is 11.2. The highest BCUT2D eigenvalue weighted by Crippen LogP contribution is 2.26. The second-order valence-electron chi connectivity index (χ2n) is 4.52. The third-order valence-electron chi connectivity index (χ3n) is 2.04. The summed E-state index contributed by atoms with van der Waals surface area (Å²) in [5.41, 5.74) is 0.668. The van der Waals surface area contributed by atoms with Crippen molar-refractivity contribution in [2.75, 3.05) is 12.9 Å². The summed E-state index contributed by atoms with van der Waals surface area (Å²) in [6, 6.07) is 7.35. The first-order chi connectivity index (χ1) is 7.44. The molecule has 0 fully saturated rings. The van der Waals surface area contributed by atoms with Crippen LogP contribution in [-0.2, 0) is 0 Å². The first-order valence-electron chi connectivity index (χ1n) is 5.24. The van der Waals surface area contributed by atoms with Crippen molar-refractivity contribution in [3.8, 4) is 5.75 Å². The fourth-order valence-corrected chi connectivity index (χ4v) is 1.95. The molecule has 0 aliphatic rings. The van der Waals surface area contributed by atoms with Crippen LogP contribution in [0.5, 0.6) is 5.75 Å². The highest BCUT2D eigenvalue weighted by atomic mass is 32.2. The van der Waals surface area contributed by atoms with Crippen molar-refractivity contribution in [2.24, 2.45) is 0 Å². The average molecular weight is 238 g/mol. The van der Waals surface area contributed by atoms with Crippen molar-refractivity contribution in [3.05, 3.63) is 29.8 Å². The minimum absolute atomic E-state index is 0.109. The number of carbonyl (C=O) groups is 1. The lowest BCUT2D eigenvalue weighted by molar-refractivity contribution is 0.101. The standard InChI is InChI=1S/C13H18O2S/c1-13(2,3)16-9-11(14)10-7-5-6-8-12(10)15-4/h5-8H,9H2,1-4H3. The van der Waals surface area contributed by atoms with Crippen molar-refractivity contribution < 1.29 is 9.53 Å². The highest BCUT2D eigenvalue weighted by molar-refractivity contribution is 8.01. The van der Waals surface area contributed by atoms with Crippen molar-refractivity contribution in [3.63, 3.8) is 0 Å². The van der Waals surface area contributed by atoms with E-state index in [9.17, 15) is 4.79 Å². The van der Waals surface area contributed by atoms with Gasteiger partial charge in [-0.05, 0) is 12.1 Å². The molecule has 0 unspecified atom stereocenters. The smallest absolute Gasteiger partial charge is 0.176 e. The Morgan fingerprint density at radius 3 is 2.50 bits per heavy atom. The molecule has 88 valence electrons. The van der Waals surface area contributed by atoms with Crippen LogP contribution in [0.3, 0.4) is 0 Å². The monoisotopic (exact) mass is 238 g/mol. The molecule has 0 amide bonds. The number of hydrogen-bond acceptors (Lipinski definition) is 3. The van der Waals surface area contributed by atoms with Crippen molar-refractivity contribution in [1.82, 2.24) is 0 Å². The SMILES string of the molecule is COc1ccccc1C(=O)CSC(C)(C)C. The van der Waals surface area contributed by atoms with E-state index in [1.165, 1.54) is 0 Å². The van der Waals surface area contributed by atoms with Gasteiger partial charge in [-0.1, -0.05) is 32.9 Å². The number of Topliss-reactive ketones (excluding diaryl/α,β-unsaturated/α-hetero) is 1. The van der Waals surface area contributed by atoms with Gasteiger partial charge < -0.3 is 4.74 Å². The Morgan fingerprint density at radius 1 is 1.31 bits per heavy atom. The number of para-hydroxylation sites is 1. The second-order valence-corrected chi connectivity index (χ2v) is 6.33. The number of ketones is 1. The van der Waals surface area contributed by atoms with Crippen LogP contribution < -0.4 is 4.74 Å². The third-order valence-corrected chi connectivity index (χ3v) is 3.32. The van der Waals surface area contributed by atoms with Gasteiger partial charge in [-0.15, -0.1) is 11.8 Å². The van der Waals surface area contributed by atoms with Gasteiger partial charge in [-0.25, -0.2) is 0 Å². The lowest BCUT2D eigenvalue weighted by Gasteiger charge is -2.17. The van der Waals surface area contributed by atoms with E-state index in [-0.39, 0.29) is 10.5 Å². The molecule has 0 spiro atoms. The summed E-state index contributed by atoms with van der Waals surface area (Å²) < 4.78 is 5.28. The van der Waals surface area contributed by atoms with Gasteiger partial charge in [0.15, 0.2) is 5.78 Å². The Kier molecular flexibility index (Phi) is 4.42. The molecule has 0 radical (unpaired) electrons. The van der Waals surface area contributed by atoms with Gasteiger partial charge in [-0.2, -0.15) is 0 Å². The zero-order valence-corrected chi connectivity index (χ0v) is 11.1. The van der Waals surface area contributed by atoms with Crippen LogP contribution in [0.2, 0.25) is 0 Å². The molecule has 0 N–H and O–H groups in total. The van der Waals surface area contributed by atoms with Crippen LogP contribution in [0, 0.1) is 0 Å². The van der Waals surface area contributed by atoms with Crippen molar-refractivity contribution in [1.29, 1.82) is 0 Å². The number of ether oxygens (including phenoxy) is 1. The molecule has 2 nitrogen and oxygen atoms in total. The predicted octanol–water partition coefficient (Wildman–Crippen LogP) is 3.41. The lowest BCUT2D eigenvalue weighted by Crippen LogP contribution is -2.13.